The molecule has 166 valence electrons. The van der Waals surface area contributed by atoms with Crippen LogP contribution >= 0.6 is 35.0 Å². The Kier molecular flexibility index (Phi) is 6.37. The predicted molar refractivity (Wildman–Crippen MR) is 135 cm³/mol. The molecule has 1 spiro atoms. The third-order valence-corrected chi connectivity index (χ3v) is 9.32. The Labute approximate surface area is 204 Å². The van der Waals surface area contributed by atoms with Crippen LogP contribution in [0.5, 0.6) is 0 Å². The Balaban J connectivity index is 1.45. The van der Waals surface area contributed by atoms with Crippen molar-refractivity contribution in [3.63, 3.8) is 0 Å². The first-order valence-electron chi connectivity index (χ1n) is 11.3. The minimum atomic E-state index is 0.547. The second-order valence-corrected chi connectivity index (χ2v) is 10.9. The summed E-state index contributed by atoms with van der Waals surface area (Å²) in [5.74, 6) is 1.81. The summed E-state index contributed by atoms with van der Waals surface area (Å²) < 4.78 is 0. The molecule has 1 saturated carbocycles. The lowest BCUT2D eigenvalue weighted by atomic mass is 9.71. The molecule has 6 heteroatoms. The van der Waals surface area contributed by atoms with Crippen molar-refractivity contribution in [3.8, 4) is 11.3 Å². The average molecular weight is 484 g/mol. The van der Waals surface area contributed by atoms with E-state index in [0.29, 0.717) is 15.5 Å². The lowest BCUT2D eigenvalue weighted by Crippen LogP contribution is -2.41. The zero-order valence-electron chi connectivity index (χ0n) is 18.2. The molecule has 5 rings (SSSR count). The Morgan fingerprint density at radius 2 is 1.78 bits per heavy atom. The Bertz CT molecular complexity index is 1100. The smallest absolute Gasteiger partial charge is 0.147 e. The summed E-state index contributed by atoms with van der Waals surface area (Å²) in [7, 11) is 0. The fraction of sp³-hybridized carbons (Fsp3) is 0.385. The zero-order valence-corrected chi connectivity index (χ0v) is 20.6. The van der Waals surface area contributed by atoms with Crippen molar-refractivity contribution in [2.75, 3.05) is 18.0 Å². The fourth-order valence-electron chi connectivity index (χ4n) is 5.28. The van der Waals surface area contributed by atoms with Crippen molar-refractivity contribution in [2.45, 2.75) is 48.9 Å². The van der Waals surface area contributed by atoms with E-state index in [0.717, 1.165) is 46.0 Å². The minimum absolute atomic E-state index is 0.547. The number of halogens is 2. The first-order chi connectivity index (χ1) is 15.6. The lowest BCUT2D eigenvalue weighted by Gasteiger charge is -2.42. The Morgan fingerprint density at radius 3 is 2.50 bits per heavy atom. The number of rotatable bonds is 4. The van der Waals surface area contributed by atoms with Gasteiger partial charge in [0.1, 0.15) is 16.5 Å². The maximum absolute atomic E-state index is 6.46. The number of hydrogen-bond donors (Lipinski definition) is 0. The zero-order chi connectivity index (χ0) is 22.1. The van der Waals surface area contributed by atoms with Gasteiger partial charge in [-0.25, -0.2) is 9.97 Å². The molecule has 0 amide bonds. The fourth-order valence-corrected chi connectivity index (χ4v) is 6.68. The normalized spacial score (nSPS) is 20.1. The lowest BCUT2D eigenvalue weighted by molar-refractivity contribution is 0.161. The molecule has 32 heavy (non-hydrogen) atoms. The monoisotopic (exact) mass is 483 g/mol. The van der Waals surface area contributed by atoms with Gasteiger partial charge in [-0.2, -0.15) is 0 Å². The van der Waals surface area contributed by atoms with E-state index < -0.39 is 0 Å². The van der Waals surface area contributed by atoms with Crippen molar-refractivity contribution >= 4 is 40.8 Å². The average Bonchev–Trinajstić information content (AvgIpc) is 3.17. The molecule has 1 saturated heterocycles. The third kappa shape index (κ3) is 4.25. The number of aromatic nitrogens is 2. The topological polar surface area (TPSA) is 29.0 Å². The van der Waals surface area contributed by atoms with E-state index in [-0.39, 0.29) is 0 Å². The van der Waals surface area contributed by atoms with Gasteiger partial charge in [-0.15, -0.1) is 0 Å². The first-order valence-corrected chi connectivity index (χ1v) is 12.9. The number of benzene rings is 2. The molecule has 0 N–H and O–H groups in total. The highest BCUT2D eigenvalue weighted by atomic mass is 35.5. The molecule has 1 aliphatic heterocycles. The quantitative estimate of drug-likeness (QED) is 0.375. The number of anilines is 1. The van der Waals surface area contributed by atoms with E-state index in [1.165, 1.54) is 43.9 Å². The Hall–Kier alpha value is -1.75. The molecule has 0 unspecified atom stereocenters. The second kappa shape index (κ2) is 9.24. The molecule has 2 aromatic carbocycles. The van der Waals surface area contributed by atoms with Crippen LogP contribution in [-0.4, -0.2) is 23.1 Å². The summed E-state index contributed by atoms with van der Waals surface area (Å²) in [4.78, 5) is 13.3. The van der Waals surface area contributed by atoms with E-state index in [4.69, 9.17) is 33.2 Å². The van der Waals surface area contributed by atoms with E-state index >= 15 is 0 Å². The summed E-state index contributed by atoms with van der Waals surface area (Å²) in [5.41, 5.74) is 2.49. The summed E-state index contributed by atoms with van der Waals surface area (Å²) >= 11 is 14.2. The molecule has 3 nitrogen and oxygen atoms in total. The summed E-state index contributed by atoms with van der Waals surface area (Å²) in [6.45, 7) is 4.56. The van der Waals surface area contributed by atoms with Crippen molar-refractivity contribution in [1.82, 2.24) is 9.97 Å². The molecular weight excluding hydrogens is 457 g/mol. The molecule has 2 heterocycles. The van der Waals surface area contributed by atoms with Gasteiger partial charge in [-0.05, 0) is 42.7 Å². The summed E-state index contributed by atoms with van der Waals surface area (Å²) in [6, 6.07) is 16.0. The van der Waals surface area contributed by atoms with Crippen LogP contribution in [-0.2, 0) is 0 Å². The van der Waals surface area contributed by atoms with Crippen LogP contribution in [0, 0.1) is 11.3 Å². The van der Waals surface area contributed by atoms with Gasteiger partial charge in [0.15, 0.2) is 0 Å². The van der Waals surface area contributed by atoms with Gasteiger partial charge in [0.25, 0.3) is 0 Å². The molecule has 2 aliphatic rings. The van der Waals surface area contributed by atoms with Gasteiger partial charge in [-0.1, -0.05) is 91.1 Å². The van der Waals surface area contributed by atoms with Crippen LogP contribution in [0.4, 0.5) is 5.82 Å². The van der Waals surface area contributed by atoms with Gasteiger partial charge in [0.05, 0.1) is 16.2 Å². The molecule has 1 aromatic heterocycles. The highest BCUT2D eigenvalue weighted by Crippen LogP contribution is 2.50. The van der Waals surface area contributed by atoms with Crippen LogP contribution in [0.3, 0.4) is 0 Å². The van der Waals surface area contributed by atoms with E-state index in [9.17, 15) is 0 Å². The first kappa shape index (κ1) is 22.1. The van der Waals surface area contributed by atoms with E-state index in [1.807, 2.05) is 36.5 Å². The maximum Gasteiger partial charge on any atom is 0.147 e. The summed E-state index contributed by atoms with van der Waals surface area (Å²) in [5, 5.41) is 1.93. The molecular formula is C26H27Cl2N3S. The Morgan fingerprint density at radius 1 is 1.00 bits per heavy atom. The maximum atomic E-state index is 6.46. The molecule has 2 fully saturated rings. The van der Waals surface area contributed by atoms with Crippen molar-refractivity contribution in [2.24, 2.45) is 11.3 Å². The van der Waals surface area contributed by atoms with Gasteiger partial charge in [0, 0.05) is 23.5 Å². The van der Waals surface area contributed by atoms with Gasteiger partial charge >= 0.3 is 0 Å². The van der Waals surface area contributed by atoms with E-state index in [1.54, 1.807) is 6.07 Å². The van der Waals surface area contributed by atoms with E-state index in [2.05, 4.69) is 24.0 Å². The molecule has 0 bridgehead atoms. The van der Waals surface area contributed by atoms with Gasteiger partial charge in [-0.3, -0.25) is 0 Å². The van der Waals surface area contributed by atoms with Gasteiger partial charge < -0.3 is 4.90 Å². The van der Waals surface area contributed by atoms with Gasteiger partial charge in [0.2, 0.25) is 0 Å². The van der Waals surface area contributed by atoms with Crippen LogP contribution in [0.25, 0.3) is 11.3 Å². The van der Waals surface area contributed by atoms with Crippen LogP contribution in [0.15, 0.2) is 64.6 Å². The number of piperidine rings is 1. The summed E-state index contributed by atoms with van der Waals surface area (Å²) in [6.07, 6.45) is 8.59. The highest BCUT2D eigenvalue weighted by molar-refractivity contribution is 7.99. The SMILES string of the molecule is C[C@@H]1CCCC12CCN(c1cnc(Sc3cccc(Cl)c3Cl)c(-c3ccccc3)n1)CC2. The molecule has 0 radical (unpaired) electrons. The van der Waals surface area contributed by atoms with Crippen molar-refractivity contribution < 1.29 is 0 Å². The molecule has 1 atom stereocenters. The van der Waals surface area contributed by atoms with Crippen molar-refractivity contribution in [3.05, 3.63) is 64.8 Å². The number of nitrogens with zero attached hydrogens (tertiary/aromatic N) is 3. The largest absolute Gasteiger partial charge is 0.355 e. The standard InChI is InChI=1S/C26H27Cl2N3S/c1-18-7-6-12-26(18)13-15-31(16-14-26)22-17-29-25(24(30-22)19-8-3-2-4-9-19)32-21-11-5-10-20(27)23(21)28/h2-5,8-11,17-18H,6-7,12-16H2,1H3/t18-/m1/s1. The molecule has 3 aromatic rings. The van der Waals surface area contributed by atoms with Crippen LogP contribution < -0.4 is 4.90 Å². The van der Waals surface area contributed by atoms with Crippen molar-refractivity contribution in [1.29, 1.82) is 0 Å². The predicted octanol–water partition coefficient (Wildman–Crippen LogP) is 8.01. The third-order valence-electron chi connectivity index (χ3n) is 7.34. The minimum Gasteiger partial charge on any atom is -0.355 e. The second-order valence-electron chi connectivity index (χ2n) is 9.04. The van der Waals surface area contributed by atoms with Crippen LogP contribution in [0.2, 0.25) is 10.0 Å². The van der Waals surface area contributed by atoms with Crippen LogP contribution in [0.1, 0.15) is 39.0 Å². The number of hydrogen-bond acceptors (Lipinski definition) is 4. The molecule has 1 aliphatic carbocycles. The highest BCUT2D eigenvalue weighted by Gasteiger charge is 2.42.